The molecule has 0 aromatic carbocycles. The zero-order valence-corrected chi connectivity index (χ0v) is 6.45. The number of aromatic nitrogens is 1. The zero-order chi connectivity index (χ0) is 8.10. The molecule has 0 radical (unpaired) electrons. The fraction of sp³-hybridized carbons (Fsp3) is 0. The van der Waals surface area contributed by atoms with E-state index < -0.39 is 0 Å². The predicted molar refractivity (Wildman–Crippen MR) is 39.6 cm³/mol. The van der Waals surface area contributed by atoms with Crippen LogP contribution >= 0.6 is 8.46 Å². The average molecular weight is 169 g/mol. The van der Waals surface area contributed by atoms with Crippen molar-refractivity contribution in [1.82, 2.24) is 0 Å². The summed E-state index contributed by atoms with van der Waals surface area (Å²) >= 11 is 0. The molecule has 0 aliphatic carbocycles. The predicted octanol–water partition coefficient (Wildman–Crippen LogP) is 0.226. The van der Waals surface area contributed by atoms with Crippen LogP contribution in [0.5, 0.6) is 0 Å². The van der Waals surface area contributed by atoms with Crippen molar-refractivity contribution in [2.24, 2.45) is 5.16 Å². The van der Waals surface area contributed by atoms with Crippen LogP contribution in [-0.2, 0) is 4.57 Å². The summed E-state index contributed by atoms with van der Waals surface area (Å²) in [6.45, 7) is 0. The lowest BCUT2D eigenvalue weighted by molar-refractivity contribution is -0.378. The molecule has 0 saturated carbocycles. The van der Waals surface area contributed by atoms with Crippen LogP contribution in [-0.4, -0.2) is 11.4 Å². The van der Waals surface area contributed by atoms with E-state index in [1.165, 1.54) is 6.21 Å². The van der Waals surface area contributed by atoms with Gasteiger partial charge in [0.1, 0.15) is 11.5 Å². The van der Waals surface area contributed by atoms with Crippen LogP contribution < -0.4 is 10.3 Å². The molecule has 0 unspecified atom stereocenters. The van der Waals surface area contributed by atoms with Crippen LogP contribution in [0, 0.1) is 0 Å². The van der Waals surface area contributed by atoms with Crippen molar-refractivity contribution in [2.45, 2.75) is 0 Å². The summed E-state index contributed by atoms with van der Waals surface area (Å²) < 4.78 is 10.4. The molecule has 0 bridgehead atoms. The number of H-pyrrole nitrogens is 1. The fourth-order valence-electron chi connectivity index (χ4n) is 0.682. The molecule has 5 heteroatoms. The smallest absolute Gasteiger partial charge is 0.240 e. The maximum atomic E-state index is 10.4. The highest BCUT2D eigenvalue weighted by Crippen LogP contribution is 1.94. The van der Waals surface area contributed by atoms with Crippen LogP contribution in [0.15, 0.2) is 23.5 Å². The Morgan fingerprint density at radius 3 is 3.18 bits per heavy atom. The number of oxime groups is 1. The largest absolute Gasteiger partial charge is 0.411 e. The van der Waals surface area contributed by atoms with Gasteiger partial charge in [-0.3, -0.25) is 4.57 Å². The van der Waals surface area contributed by atoms with Crippen molar-refractivity contribution in [1.29, 1.82) is 0 Å². The standard InChI is InChI=1S/C6H5N2O2P/c9-8-4-5-6(11-10)2-1-3-7-5/h1-4,9H/p+1. The maximum absolute atomic E-state index is 10.4. The summed E-state index contributed by atoms with van der Waals surface area (Å²) in [5.41, 5.74) is 0.534. The number of hydrogen-bond acceptors (Lipinski definition) is 3. The summed E-state index contributed by atoms with van der Waals surface area (Å²) in [5.74, 6) is 0. The van der Waals surface area contributed by atoms with E-state index in [1.807, 2.05) is 0 Å². The van der Waals surface area contributed by atoms with Gasteiger partial charge in [-0.25, -0.2) is 4.98 Å². The summed E-state index contributed by atoms with van der Waals surface area (Å²) in [7, 11) is -0.0966. The molecule has 0 fully saturated rings. The van der Waals surface area contributed by atoms with E-state index in [0.717, 1.165) is 0 Å². The number of aromatic amines is 1. The number of nitrogens with one attached hydrogen (secondary N) is 1. The summed E-state index contributed by atoms with van der Waals surface area (Å²) in [6.07, 6.45) is 2.85. The minimum Gasteiger partial charge on any atom is -0.411 e. The van der Waals surface area contributed by atoms with Gasteiger partial charge in [-0.15, -0.1) is 0 Å². The van der Waals surface area contributed by atoms with E-state index in [4.69, 9.17) is 5.21 Å². The third-order valence-electron chi connectivity index (χ3n) is 1.15. The molecule has 0 saturated heterocycles. The first-order valence-corrected chi connectivity index (χ1v) is 3.71. The van der Waals surface area contributed by atoms with Gasteiger partial charge in [0, 0.05) is 6.07 Å². The first kappa shape index (κ1) is 7.82. The number of hydrogen-bond donors (Lipinski definition) is 1. The maximum Gasteiger partial charge on any atom is 0.240 e. The van der Waals surface area contributed by atoms with Gasteiger partial charge in [-0.05, 0) is 6.07 Å². The molecule has 11 heavy (non-hydrogen) atoms. The molecule has 0 aliphatic rings. The minimum atomic E-state index is -0.0966. The Labute approximate surface area is 64.8 Å². The number of nitrogens with zero attached hydrogens (tertiary/aromatic N) is 1. The lowest BCUT2D eigenvalue weighted by Gasteiger charge is -1.85. The monoisotopic (exact) mass is 169 g/mol. The first-order valence-electron chi connectivity index (χ1n) is 2.90. The minimum absolute atomic E-state index is 0.0966. The van der Waals surface area contributed by atoms with Crippen molar-refractivity contribution in [3.63, 3.8) is 0 Å². The van der Waals surface area contributed by atoms with Crippen LogP contribution in [0.1, 0.15) is 5.69 Å². The molecule has 4 nitrogen and oxygen atoms in total. The third-order valence-corrected chi connectivity index (χ3v) is 1.74. The van der Waals surface area contributed by atoms with Crippen molar-refractivity contribution >= 4 is 20.0 Å². The van der Waals surface area contributed by atoms with Gasteiger partial charge in [0.05, 0.1) is 0 Å². The second kappa shape index (κ2) is 3.78. The molecule has 0 aliphatic heterocycles. The Kier molecular flexibility index (Phi) is 2.69. The molecule has 1 aromatic heterocycles. The summed E-state index contributed by atoms with van der Waals surface area (Å²) in [5, 5.41) is 11.6. The Morgan fingerprint density at radius 2 is 2.55 bits per heavy atom. The highest BCUT2D eigenvalue weighted by atomic mass is 31.1. The van der Waals surface area contributed by atoms with Gasteiger partial charge < -0.3 is 5.21 Å². The van der Waals surface area contributed by atoms with Crippen molar-refractivity contribution in [3.8, 4) is 0 Å². The fourth-order valence-corrected chi connectivity index (χ4v) is 1.05. The summed E-state index contributed by atoms with van der Waals surface area (Å²) in [4.78, 5) is 2.77. The number of pyridine rings is 1. The zero-order valence-electron chi connectivity index (χ0n) is 5.56. The Morgan fingerprint density at radius 1 is 1.73 bits per heavy atom. The van der Waals surface area contributed by atoms with Gasteiger partial charge in [-0.1, -0.05) is 5.16 Å². The topological polar surface area (TPSA) is 63.8 Å². The third kappa shape index (κ3) is 1.82. The highest BCUT2D eigenvalue weighted by Gasteiger charge is 2.04. The van der Waals surface area contributed by atoms with Crippen molar-refractivity contribution in [3.05, 3.63) is 24.0 Å². The quantitative estimate of drug-likeness (QED) is 0.298. The molecular weight excluding hydrogens is 163 g/mol. The molecule has 0 atom stereocenters. The van der Waals surface area contributed by atoms with E-state index in [2.05, 4.69) is 10.1 Å². The second-order valence-electron chi connectivity index (χ2n) is 1.80. The molecule has 1 aromatic rings. The molecule has 0 spiro atoms. The van der Waals surface area contributed by atoms with E-state index in [1.54, 1.807) is 18.3 Å². The van der Waals surface area contributed by atoms with Crippen molar-refractivity contribution < 1.29 is 14.8 Å². The molecule has 1 heterocycles. The van der Waals surface area contributed by atoms with Crippen LogP contribution in [0.25, 0.3) is 0 Å². The Bertz CT molecular complexity index is 288. The summed E-state index contributed by atoms with van der Waals surface area (Å²) in [6, 6.07) is 3.39. The average Bonchev–Trinajstić information content (AvgIpc) is 2.06. The van der Waals surface area contributed by atoms with Gasteiger partial charge in [-0.2, -0.15) is 0 Å². The normalized spacial score (nSPS) is 10.9. The van der Waals surface area contributed by atoms with E-state index in [0.29, 0.717) is 11.0 Å². The molecule has 2 N–H and O–H groups in total. The van der Waals surface area contributed by atoms with Crippen LogP contribution in [0.3, 0.4) is 0 Å². The van der Waals surface area contributed by atoms with Crippen LogP contribution in [0.2, 0.25) is 0 Å². The molecule has 56 valence electrons. The van der Waals surface area contributed by atoms with Crippen molar-refractivity contribution in [2.75, 3.05) is 0 Å². The number of rotatable bonds is 2. The van der Waals surface area contributed by atoms with Gasteiger partial charge in [0.25, 0.3) is 0 Å². The Hall–Kier alpha value is -1.28. The second-order valence-corrected chi connectivity index (χ2v) is 2.47. The van der Waals surface area contributed by atoms with E-state index in [-0.39, 0.29) is 8.46 Å². The molecule has 1 rings (SSSR count). The van der Waals surface area contributed by atoms with Gasteiger partial charge >= 0.3 is 0 Å². The first-order chi connectivity index (χ1) is 5.38. The van der Waals surface area contributed by atoms with Gasteiger partial charge in [0.15, 0.2) is 14.7 Å². The molecular formula is C6H6N2O2P+. The lowest BCUT2D eigenvalue weighted by atomic mass is 10.4. The highest BCUT2D eigenvalue weighted by molar-refractivity contribution is 7.34. The van der Waals surface area contributed by atoms with Gasteiger partial charge in [0.2, 0.25) is 5.69 Å². The lowest BCUT2D eigenvalue weighted by Crippen LogP contribution is -2.18. The van der Waals surface area contributed by atoms with E-state index >= 15 is 0 Å². The molecule has 0 amide bonds. The van der Waals surface area contributed by atoms with Crippen LogP contribution in [0.4, 0.5) is 0 Å². The SMILES string of the molecule is O=Pc1ccc[nH+]c1C=NO. The van der Waals surface area contributed by atoms with E-state index in [9.17, 15) is 4.57 Å². The Balaban J connectivity index is 3.11.